The zero-order valence-corrected chi connectivity index (χ0v) is 18.2. The van der Waals surface area contributed by atoms with Gasteiger partial charge in [0, 0.05) is 23.5 Å². The van der Waals surface area contributed by atoms with E-state index in [1.807, 2.05) is 19.1 Å². The minimum absolute atomic E-state index is 0.0222. The molecule has 172 valence electrons. The summed E-state index contributed by atoms with van der Waals surface area (Å²) in [6, 6.07) is 14.0. The van der Waals surface area contributed by atoms with Crippen molar-refractivity contribution in [1.29, 1.82) is 0 Å². The van der Waals surface area contributed by atoms with E-state index in [0.29, 0.717) is 29.9 Å². The third-order valence-electron chi connectivity index (χ3n) is 5.80. The number of halogens is 3. The Morgan fingerprint density at radius 3 is 2.15 bits per heavy atom. The lowest BCUT2D eigenvalue weighted by Crippen LogP contribution is -2.30. The molecule has 1 fully saturated rings. The van der Waals surface area contributed by atoms with Crippen molar-refractivity contribution in [3.05, 3.63) is 89.8 Å². The second-order valence-corrected chi connectivity index (χ2v) is 8.02. The second-order valence-electron chi connectivity index (χ2n) is 8.02. The SMILES string of the molecule is C/C=C/CCC1OCC(c2ccc(-c3ccc(-c4ccc(O)c(F)c4F)cc3)c(F)c2)CO1. The van der Waals surface area contributed by atoms with Crippen LogP contribution in [-0.4, -0.2) is 24.6 Å². The van der Waals surface area contributed by atoms with Gasteiger partial charge in [-0.3, -0.25) is 0 Å². The predicted molar refractivity (Wildman–Crippen MR) is 121 cm³/mol. The zero-order chi connectivity index (χ0) is 23.4. The number of phenols is 1. The fourth-order valence-electron chi connectivity index (χ4n) is 3.91. The Morgan fingerprint density at radius 1 is 0.879 bits per heavy atom. The molecular formula is C27H25F3O3. The van der Waals surface area contributed by atoms with Crippen molar-refractivity contribution in [1.82, 2.24) is 0 Å². The van der Waals surface area contributed by atoms with Gasteiger partial charge in [0.05, 0.1) is 13.2 Å². The van der Waals surface area contributed by atoms with Crippen LogP contribution in [0.1, 0.15) is 31.2 Å². The lowest BCUT2D eigenvalue weighted by Gasteiger charge is -2.29. The Balaban J connectivity index is 1.46. The summed E-state index contributed by atoms with van der Waals surface area (Å²) in [7, 11) is 0. The fourth-order valence-corrected chi connectivity index (χ4v) is 3.91. The quantitative estimate of drug-likeness (QED) is 0.410. The van der Waals surface area contributed by atoms with Gasteiger partial charge < -0.3 is 14.6 Å². The highest BCUT2D eigenvalue weighted by atomic mass is 19.2. The van der Waals surface area contributed by atoms with Crippen LogP contribution in [0, 0.1) is 17.5 Å². The van der Waals surface area contributed by atoms with Crippen molar-refractivity contribution >= 4 is 0 Å². The molecule has 0 spiro atoms. The number of aromatic hydroxyl groups is 1. The third kappa shape index (κ3) is 5.13. The molecule has 4 rings (SSSR count). The molecule has 1 aliphatic rings. The summed E-state index contributed by atoms with van der Waals surface area (Å²) in [6.45, 7) is 2.92. The topological polar surface area (TPSA) is 38.7 Å². The van der Waals surface area contributed by atoms with Crippen molar-refractivity contribution in [3.63, 3.8) is 0 Å². The van der Waals surface area contributed by atoms with Gasteiger partial charge in [0.1, 0.15) is 5.82 Å². The maximum absolute atomic E-state index is 14.9. The number of allylic oxidation sites excluding steroid dienone is 2. The Bertz CT molecular complexity index is 1130. The van der Waals surface area contributed by atoms with Gasteiger partial charge in [-0.1, -0.05) is 48.6 Å². The Hall–Kier alpha value is -3.09. The molecule has 6 heteroatoms. The average molecular weight is 454 g/mol. The highest BCUT2D eigenvalue weighted by molar-refractivity contribution is 5.71. The van der Waals surface area contributed by atoms with E-state index in [1.165, 1.54) is 12.1 Å². The summed E-state index contributed by atoms with van der Waals surface area (Å²) in [5, 5.41) is 9.29. The van der Waals surface area contributed by atoms with Crippen LogP contribution >= 0.6 is 0 Å². The minimum atomic E-state index is -1.29. The Labute approximate surface area is 191 Å². The van der Waals surface area contributed by atoms with E-state index in [9.17, 15) is 18.3 Å². The molecule has 3 aromatic rings. The van der Waals surface area contributed by atoms with E-state index in [1.54, 1.807) is 30.3 Å². The van der Waals surface area contributed by atoms with E-state index in [4.69, 9.17) is 9.47 Å². The van der Waals surface area contributed by atoms with Gasteiger partial charge in [0.15, 0.2) is 17.9 Å². The summed E-state index contributed by atoms with van der Waals surface area (Å²) in [5.41, 5.74) is 2.27. The van der Waals surface area contributed by atoms with E-state index < -0.39 is 17.4 Å². The molecule has 1 heterocycles. The van der Waals surface area contributed by atoms with Crippen LogP contribution in [0.15, 0.2) is 66.7 Å². The van der Waals surface area contributed by atoms with Crippen LogP contribution in [-0.2, 0) is 9.47 Å². The second kappa shape index (κ2) is 10.2. The summed E-state index contributed by atoms with van der Waals surface area (Å²) in [6.07, 6.45) is 5.52. The lowest BCUT2D eigenvalue weighted by molar-refractivity contribution is -0.189. The normalized spacial score (nSPS) is 18.7. The van der Waals surface area contributed by atoms with Gasteiger partial charge in [0.2, 0.25) is 5.82 Å². The number of phenolic OH excluding ortho intramolecular Hbond substituents is 1. The highest BCUT2D eigenvalue weighted by Gasteiger charge is 2.24. The summed E-state index contributed by atoms with van der Waals surface area (Å²) >= 11 is 0. The maximum atomic E-state index is 14.9. The van der Waals surface area contributed by atoms with Gasteiger partial charge in [-0.25, -0.2) is 8.78 Å². The standard InChI is InChI=1S/C27H25F3O3/c1-2-3-4-5-25-32-15-20(16-33-25)19-10-11-21(23(28)14-19)17-6-8-18(9-7-17)22-12-13-24(31)27(30)26(22)29/h2-3,6-14,20,25,31H,4-5,15-16H2,1H3/b3-2+. The van der Waals surface area contributed by atoms with Crippen molar-refractivity contribution < 1.29 is 27.8 Å². The monoisotopic (exact) mass is 454 g/mol. The van der Waals surface area contributed by atoms with Crippen LogP contribution in [0.4, 0.5) is 13.2 Å². The van der Waals surface area contributed by atoms with Crippen LogP contribution < -0.4 is 0 Å². The van der Waals surface area contributed by atoms with Crippen LogP contribution in [0.25, 0.3) is 22.3 Å². The first-order valence-corrected chi connectivity index (χ1v) is 10.9. The first kappa shape index (κ1) is 23.1. The van der Waals surface area contributed by atoms with Crippen LogP contribution in [0.2, 0.25) is 0 Å². The molecule has 1 N–H and O–H groups in total. The molecule has 0 aliphatic carbocycles. The number of benzene rings is 3. The number of hydrogen-bond acceptors (Lipinski definition) is 3. The molecule has 0 bridgehead atoms. The van der Waals surface area contributed by atoms with Gasteiger partial charge >= 0.3 is 0 Å². The maximum Gasteiger partial charge on any atom is 0.200 e. The lowest BCUT2D eigenvalue weighted by atomic mass is 9.95. The van der Waals surface area contributed by atoms with Gasteiger partial charge in [-0.05, 0) is 48.2 Å². The van der Waals surface area contributed by atoms with E-state index in [0.717, 1.165) is 24.5 Å². The highest BCUT2D eigenvalue weighted by Crippen LogP contribution is 2.33. The van der Waals surface area contributed by atoms with Crippen molar-refractivity contribution in [2.24, 2.45) is 0 Å². The number of ether oxygens (including phenoxy) is 2. The Kier molecular flexibility index (Phi) is 7.16. The molecule has 1 aliphatic heterocycles. The first-order valence-electron chi connectivity index (χ1n) is 10.9. The van der Waals surface area contributed by atoms with E-state index in [2.05, 4.69) is 6.08 Å². The number of hydrogen-bond donors (Lipinski definition) is 1. The largest absolute Gasteiger partial charge is 0.505 e. The molecule has 0 amide bonds. The smallest absolute Gasteiger partial charge is 0.200 e. The molecule has 3 nitrogen and oxygen atoms in total. The first-order chi connectivity index (χ1) is 16.0. The van der Waals surface area contributed by atoms with Crippen LogP contribution in [0.3, 0.4) is 0 Å². The van der Waals surface area contributed by atoms with Gasteiger partial charge in [-0.2, -0.15) is 4.39 Å². The van der Waals surface area contributed by atoms with Gasteiger partial charge in [0.25, 0.3) is 0 Å². The number of rotatable bonds is 6. The average Bonchev–Trinajstić information content (AvgIpc) is 2.83. The van der Waals surface area contributed by atoms with Crippen molar-refractivity contribution in [2.75, 3.05) is 13.2 Å². The molecule has 0 atom stereocenters. The molecule has 1 saturated heterocycles. The molecule has 0 saturated carbocycles. The summed E-state index contributed by atoms with van der Waals surface area (Å²) < 4.78 is 54.3. The molecule has 0 aromatic heterocycles. The summed E-state index contributed by atoms with van der Waals surface area (Å²) in [4.78, 5) is 0. The van der Waals surface area contributed by atoms with Crippen molar-refractivity contribution in [2.45, 2.75) is 32.0 Å². The molecule has 0 unspecified atom stereocenters. The fraction of sp³-hybridized carbons (Fsp3) is 0.259. The molecular weight excluding hydrogens is 429 g/mol. The predicted octanol–water partition coefficient (Wildman–Crippen LogP) is 6.96. The van der Waals surface area contributed by atoms with E-state index >= 15 is 0 Å². The minimum Gasteiger partial charge on any atom is -0.505 e. The Morgan fingerprint density at radius 2 is 1.52 bits per heavy atom. The van der Waals surface area contributed by atoms with E-state index in [-0.39, 0.29) is 23.6 Å². The molecule has 3 aromatic carbocycles. The van der Waals surface area contributed by atoms with Crippen molar-refractivity contribution in [3.8, 4) is 28.0 Å². The molecule has 33 heavy (non-hydrogen) atoms. The molecule has 0 radical (unpaired) electrons. The summed E-state index contributed by atoms with van der Waals surface area (Å²) in [5.74, 6) is -3.58. The van der Waals surface area contributed by atoms with Crippen LogP contribution in [0.5, 0.6) is 5.75 Å². The van der Waals surface area contributed by atoms with Gasteiger partial charge in [-0.15, -0.1) is 0 Å². The zero-order valence-electron chi connectivity index (χ0n) is 18.2. The third-order valence-corrected chi connectivity index (χ3v) is 5.80.